The molecule has 0 unspecified atom stereocenters. The van der Waals surface area contributed by atoms with Crippen molar-refractivity contribution in [1.29, 1.82) is 0 Å². The van der Waals surface area contributed by atoms with E-state index in [0.29, 0.717) is 29.2 Å². The van der Waals surface area contributed by atoms with Crippen molar-refractivity contribution in [2.75, 3.05) is 11.9 Å². The summed E-state index contributed by atoms with van der Waals surface area (Å²) in [5.41, 5.74) is 3.36. The molecule has 162 valence electrons. The van der Waals surface area contributed by atoms with Crippen LogP contribution in [0.2, 0.25) is 0 Å². The third-order valence-corrected chi connectivity index (χ3v) is 5.12. The average Bonchev–Trinajstić information content (AvgIpc) is 3.07. The summed E-state index contributed by atoms with van der Waals surface area (Å²) >= 11 is 0. The van der Waals surface area contributed by atoms with Crippen LogP contribution >= 0.6 is 0 Å². The van der Waals surface area contributed by atoms with Gasteiger partial charge in [0.1, 0.15) is 5.75 Å². The zero-order valence-corrected chi connectivity index (χ0v) is 18.3. The van der Waals surface area contributed by atoms with Gasteiger partial charge in [-0.15, -0.1) is 0 Å². The topological polar surface area (TPSA) is 69.6 Å². The monoisotopic (exact) mass is 420 g/mol. The van der Waals surface area contributed by atoms with Crippen LogP contribution in [-0.4, -0.2) is 23.1 Å². The van der Waals surface area contributed by atoms with Gasteiger partial charge in [-0.25, -0.2) is 4.79 Å². The molecule has 1 N–H and O–H groups in total. The molecule has 0 saturated carbocycles. The van der Waals surface area contributed by atoms with Gasteiger partial charge in [-0.05, 0) is 45.9 Å². The molecule has 0 aliphatic heterocycles. The van der Waals surface area contributed by atoms with E-state index in [1.165, 1.54) is 0 Å². The number of para-hydroxylation sites is 2. The molecule has 0 fully saturated rings. The Morgan fingerprint density at radius 1 is 1.00 bits per heavy atom. The highest BCUT2D eigenvalue weighted by Crippen LogP contribution is 2.28. The molecule has 31 heavy (non-hydrogen) atoms. The summed E-state index contributed by atoms with van der Waals surface area (Å²) in [7, 11) is 0. The molecule has 6 nitrogen and oxygen atoms in total. The fourth-order valence-electron chi connectivity index (χ4n) is 3.62. The van der Waals surface area contributed by atoms with Gasteiger partial charge in [0, 0.05) is 23.5 Å². The van der Waals surface area contributed by atoms with Crippen LogP contribution in [0.1, 0.15) is 47.3 Å². The molecule has 3 rings (SSSR count). The number of ether oxygens (including phenoxy) is 2. The van der Waals surface area contributed by atoms with Crippen molar-refractivity contribution in [3.63, 3.8) is 0 Å². The Morgan fingerprint density at radius 2 is 1.68 bits per heavy atom. The highest BCUT2D eigenvalue weighted by atomic mass is 16.5. The lowest BCUT2D eigenvalue weighted by Gasteiger charge is -2.19. The summed E-state index contributed by atoms with van der Waals surface area (Å²) in [6.45, 7) is 8.94. The first-order valence-electron chi connectivity index (χ1n) is 10.4. The van der Waals surface area contributed by atoms with E-state index in [9.17, 15) is 9.59 Å². The Hall–Kier alpha value is -3.54. The second kappa shape index (κ2) is 9.98. The van der Waals surface area contributed by atoms with Crippen LogP contribution in [0.3, 0.4) is 0 Å². The first-order valence-corrected chi connectivity index (χ1v) is 10.4. The van der Waals surface area contributed by atoms with E-state index >= 15 is 0 Å². The average molecular weight is 421 g/mol. The van der Waals surface area contributed by atoms with Gasteiger partial charge in [-0.3, -0.25) is 4.79 Å². The molecular formula is C25H28N2O4. The number of nitrogens with zero attached hydrogens (tertiary/aromatic N) is 1. The highest BCUT2D eigenvalue weighted by molar-refractivity contribution is 5.99. The third kappa shape index (κ3) is 4.97. The SMILES string of the molecule is CCOc1ccccc1NC(=O)[C@@H](OC(=O)c1cc(C)n(CC)c1C)c1ccccc1. The highest BCUT2D eigenvalue weighted by Gasteiger charge is 2.28. The lowest BCUT2D eigenvalue weighted by molar-refractivity contribution is -0.125. The first kappa shape index (κ1) is 22.2. The number of rotatable bonds is 8. The number of nitrogens with one attached hydrogen (secondary N) is 1. The van der Waals surface area contributed by atoms with Crippen LogP contribution in [0, 0.1) is 13.8 Å². The van der Waals surface area contributed by atoms with Crippen molar-refractivity contribution in [2.45, 2.75) is 40.3 Å². The number of aryl methyl sites for hydroxylation is 1. The number of carbonyl (C=O) groups excluding carboxylic acids is 2. The van der Waals surface area contributed by atoms with Gasteiger partial charge in [-0.2, -0.15) is 0 Å². The fraction of sp³-hybridized carbons (Fsp3) is 0.280. The molecule has 0 saturated heterocycles. The van der Waals surface area contributed by atoms with E-state index < -0.39 is 18.0 Å². The molecule has 3 aromatic rings. The maximum atomic E-state index is 13.2. The summed E-state index contributed by atoms with van der Waals surface area (Å²) in [6, 6.07) is 18.0. The maximum absolute atomic E-state index is 13.2. The Kier molecular flexibility index (Phi) is 7.13. The van der Waals surface area contributed by atoms with Crippen LogP contribution in [0.4, 0.5) is 5.69 Å². The minimum absolute atomic E-state index is 0.448. The zero-order chi connectivity index (χ0) is 22.4. The summed E-state index contributed by atoms with van der Waals surface area (Å²) < 4.78 is 13.4. The third-order valence-electron chi connectivity index (χ3n) is 5.12. The van der Waals surface area contributed by atoms with Gasteiger partial charge in [0.25, 0.3) is 5.91 Å². The standard InChI is InChI=1S/C25H28N2O4/c1-5-27-17(3)16-20(18(27)4)25(29)31-23(19-12-8-7-9-13-19)24(28)26-21-14-10-11-15-22(21)30-6-2/h7-16,23H,5-6H2,1-4H3,(H,26,28)/t23-/m0/s1. The lowest BCUT2D eigenvalue weighted by atomic mass is 10.1. The Balaban J connectivity index is 1.89. The molecular weight excluding hydrogens is 392 g/mol. The molecule has 6 heteroatoms. The van der Waals surface area contributed by atoms with Crippen molar-refractivity contribution >= 4 is 17.6 Å². The molecule has 0 spiro atoms. The minimum Gasteiger partial charge on any atom is -0.492 e. The van der Waals surface area contributed by atoms with Gasteiger partial charge in [0.05, 0.1) is 17.9 Å². The normalized spacial score (nSPS) is 11.6. The lowest BCUT2D eigenvalue weighted by Crippen LogP contribution is -2.26. The number of anilines is 1. The molecule has 1 heterocycles. The zero-order valence-electron chi connectivity index (χ0n) is 18.3. The molecule has 0 aliphatic rings. The Labute approximate surface area is 182 Å². The van der Waals surface area contributed by atoms with Crippen LogP contribution in [0.5, 0.6) is 5.75 Å². The number of esters is 1. The minimum atomic E-state index is -1.10. The van der Waals surface area contributed by atoms with Crippen molar-refractivity contribution in [3.05, 3.63) is 83.2 Å². The molecule has 2 aromatic carbocycles. The predicted octanol–water partition coefficient (Wildman–Crippen LogP) is 5.06. The number of benzene rings is 2. The molecule has 1 amide bonds. The molecule has 0 bridgehead atoms. The number of amides is 1. The largest absolute Gasteiger partial charge is 0.492 e. The maximum Gasteiger partial charge on any atom is 0.341 e. The van der Waals surface area contributed by atoms with E-state index in [0.717, 1.165) is 17.9 Å². The van der Waals surface area contributed by atoms with E-state index in [4.69, 9.17) is 9.47 Å². The number of aromatic nitrogens is 1. The van der Waals surface area contributed by atoms with Crippen molar-refractivity contribution in [2.24, 2.45) is 0 Å². The van der Waals surface area contributed by atoms with Crippen molar-refractivity contribution in [3.8, 4) is 5.75 Å². The second-order valence-corrected chi connectivity index (χ2v) is 7.14. The molecule has 0 radical (unpaired) electrons. The van der Waals surface area contributed by atoms with Gasteiger partial charge < -0.3 is 19.4 Å². The Morgan fingerprint density at radius 3 is 2.32 bits per heavy atom. The molecule has 0 aliphatic carbocycles. The quantitative estimate of drug-likeness (QED) is 0.517. The van der Waals surface area contributed by atoms with Crippen molar-refractivity contribution < 1.29 is 19.1 Å². The van der Waals surface area contributed by atoms with E-state index in [-0.39, 0.29) is 0 Å². The van der Waals surface area contributed by atoms with E-state index in [1.807, 2.05) is 44.4 Å². The van der Waals surface area contributed by atoms with Crippen LogP contribution in [0.25, 0.3) is 0 Å². The number of carbonyl (C=O) groups is 2. The molecule has 1 aromatic heterocycles. The van der Waals surface area contributed by atoms with Gasteiger partial charge in [-0.1, -0.05) is 42.5 Å². The second-order valence-electron chi connectivity index (χ2n) is 7.14. The number of hydrogen-bond acceptors (Lipinski definition) is 4. The number of hydrogen-bond donors (Lipinski definition) is 1. The Bertz CT molecular complexity index is 1060. The van der Waals surface area contributed by atoms with Gasteiger partial charge in [0.15, 0.2) is 0 Å². The summed E-state index contributed by atoms with van der Waals surface area (Å²) in [6.07, 6.45) is -1.10. The van der Waals surface area contributed by atoms with Gasteiger partial charge >= 0.3 is 5.97 Å². The van der Waals surface area contributed by atoms with E-state index in [1.54, 1.807) is 48.5 Å². The summed E-state index contributed by atoms with van der Waals surface area (Å²) in [5, 5.41) is 2.85. The molecule has 1 atom stereocenters. The van der Waals surface area contributed by atoms with Crippen LogP contribution in [-0.2, 0) is 16.1 Å². The predicted molar refractivity (Wildman–Crippen MR) is 120 cm³/mol. The van der Waals surface area contributed by atoms with Gasteiger partial charge in [0.2, 0.25) is 6.10 Å². The summed E-state index contributed by atoms with van der Waals surface area (Å²) in [5.74, 6) is -0.422. The van der Waals surface area contributed by atoms with Crippen LogP contribution in [0.15, 0.2) is 60.7 Å². The smallest absolute Gasteiger partial charge is 0.341 e. The van der Waals surface area contributed by atoms with Crippen LogP contribution < -0.4 is 10.1 Å². The van der Waals surface area contributed by atoms with Crippen molar-refractivity contribution in [1.82, 2.24) is 4.57 Å². The first-order chi connectivity index (χ1) is 15.0. The van der Waals surface area contributed by atoms with E-state index in [2.05, 4.69) is 5.32 Å². The summed E-state index contributed by atoms with van der Waals surface area (Å²) in [4.78, 5) is 26.2. The fourth-order valence-corrected chi connectivity index (χ4v) is 3.62.